The lowest BCUT2D eigenvalue weighted by molar-refractivity contribution is -0.126. The summed E-state index contributed by atoms with van der Waals surface area (Å²) in [7, 11) is 1.61. The second kappa shape index (κ2) is 9.70. The molecule has 0 bridgehead atoms. The minimum atomic E-state index is 0.0142. The Morgan fingerprint density at radius 3 is 2.55 bits per heavy atom. The molecule has 1 heterocycles. The van der Waals surface area contributed by atoms with Crippen molar-refractivity contribution in [2.45, 2.75) is 13.8 Å². The van der Waals surface area contributed by atoms with Crippen LogP contribution in [0.1, 0.15) is 18.1 Å². The van der Waals surface area contributed by atoms with Crippen LogP contribution >= 0.6 is 11.6 Å². The van der Waals surface area contributed by atoms with Crippen LogP contribution in [0.2, 0.25) is 5.02 Å². The summed E-state index contributed by atoms with van der Waals surface area (Å²) >= 11 is 6.15. The van der Waals surface area contributed by atoms with Gasteiger partial charge in [0, 0.05) is 43.0 Å². The fourth-order valence-electron chi connectivity index (χ4n) is 3.43. The molecule has 1 fully saturated rings. The molecule has 0 atom stereocenters. The van der Waals surface area contributed by atoms with Crippen LogP contribution in [0.5, 0.6) is 11.5 Å². The van der Waals surface area contributed by atoms with Gasteiger partial charge in [-0.2, -0.15) is 0 Å². The minimum Gasteiger partial charge on any atom is -0.493 e. The molecule has 6 heteroatoms. The molecule has 0 spiro atoms. The van der Waals surface area contributed by atoms with Crippen LogP contribution in [-0.2, 0) is 4.79 Å². The van der Waals surface area contributed by atoms with Gasteiger partial charge in [-0.25, -0.2) is 0 Å². The number of anilines is 1. The maximum Gasteiger partial charge on any atom is 0.246 e. The number of halogens is 1. The first-order valence-electron chi connectivity index (χ1n) is 9.80. The average molecular weight is 415 g/mol. The largest absolute Gasteiger partial charge is 0.493 e. The quantitative estimate of drug-likeness (QED) is 0.656. The lowest BCUT2D eigenvalue weighted by Gasteiger charge is -2.36. The van der Waals surface area contributed by atoms with E-state index in [9.17, 15) is 4.79 Å². The molecule has 3 rings (SSSR count). The summed E-state index contributed by atoms with van der Waals surface area (Å²) in [6, 6.07) is 11.6. The molecule has 0 radical (unpaired) electrons. The fourth-order valence-corrected chi connectivity index (χ4v) is 3.59. The zero-order chi connectivity index (χ0) is 20.8. The van der Waals surface area contributed by atoms with E-state index in [4.69, 9.17) is 21.1 Å². The Labute approximate surface area is 177 Å². The second-order valence-corrected chi connectivity index (χ2v) is 7.36. The number of carbonyl (C=O) groups is 1. The number of rotatable bonds is 6. The van der Waals surface area contributed by atoms with Gasteiger partial charge in [-0.05, 0) is 55.3 Å². The van der Waals surface area contributed by atoms with E-state index in [2.05, 4.69) is 11.8 Å². The van der Waals surface area contributed by atoms with Crippen molar-refractivity contribution >= 4 is 29.3 Å². The van der Waals surface area contributed by atoms with E-state index < -0.39 is 0 Å². The van der Waals surface area contributed by atoms with Gasteiger partial charge in [0.2, 0.25) is 5.91 Å². The Balaban J connectivity index is 1.60. The van der Waals surface area contributed by atoms with Crippen molar-refractivity contribution in [3.63, 3.8) is 0 Å². The first-order valence-corrected chi connectivity index (χ1v) is 10.2. The Kier molecular flexibility index (Phi) is 7.04. The van der Waals surface area contributed by atoms with Gasteiger partial charge >= 0.3 is 0 Å². The zero-order valence-corrected chi connectivity index (χ0v) is 17.9. The number of methoxy groups -OCH3 is 1. The van der Waals surface area contributed by atoms with Crippen LogP contribution in [0.25, 0.3) is 6.08 Å². The molecule has 0 aliphatic carbocycles. The third-order valence-corrected chi connectivity index (χ3v) is 5.24. The number of carbonyl (C=O) groups excluding carboxylic acids is 1. The minimum absolute atomic E-state index is 0.0142. The van der Waals surface area contributed by atoms with Crippen molar-refractivity contribution in [2.75, 3.05) is 44.8 Å². The van der Waals surface area contributed by atoms with Crippen LogP contribution in [0.4, 0.5) is 5.69 Å². The van der Waals surface area contributed by atoms with Crippen molar-refractivity contribution < 1.29 is 14.3 Å². The van der Waals surface area contributed by atoms with Gasteiger partial charge in [0.05, 0.1) is 13.7 Å². The highest BCUT2D eigenvalue weighted by molar-refractivity contribution is 6.30. The Bertz CT molecular complexity index is 890. The Morgan fingerprint density at radius 1 is 1.10 bits per heavy atom. The number of amides is 1. The number of aryl methyl sites for hydroxylation is 1. The Hall–Kier alpha value is -2.66. The molecule has 1 saturated heterocycles. The van der Waals surface area contributed by atoms with Gasteiger partial charge in [0.1, 0.15) is 0 Å². The van der Waals surface area contributed by atoms with Crippen molar-refractivity contribution in [3.8, 4) is 11.5 Å². The molecule has 0 aromatic heterocycles. The summed E-state index contributed by atoms with van der Waals surface area (Å²) in [6.07, 6.45) is 3.43. The van der Waals surface area contributed by atoms with E-state index in [1.54, 1.807) is 13.2 Å². The van der Waals surface area contributed by atoms with E-state index in [0.29, 0.717) is 31.2 Å². The number of hydrogen-bond acceptors (Lipinski definition) is 4. The van der Waals surface area contributed by atoms with Crippen molar-refractivity contribution in [1.82, 2.24) is 4.90 Å². The zero-order valence-electron chi connectivity index (χ0n) is 17.2. The molecule has 1 amide bonds. The molecule has 29 heavy (non-hydrogen) atoms. The molecule has 1 aliphatic rings. The van der Waals surface area contributed by atoms with Gasteiger partial charge in [0.25, 0.3) is 0 Å². The van der Waals surface area contributed by atoms with E-state index >= 15 is 0 Å². The second-order valence-electron chi connectivity index (χ2n) is 6.92. The number of ether oxygens (including phenoxy) is 2. The van der Waals surface area contributed by atoms with Gasteiger partial charge < -0.3 is 19.3 Å². The van der Waals surface area contributed by atoms with E-state index in [0.717, 1.165) is 29.4 Å². The molecular weight excluding hydrogens is 388 g/mol. The molecule has 2 aromatic carbocycles. The SMILES string of the molecule is CCOc1ccc(/C=C/C(=O)N2CCN(c3cc(Cl)ccc3C)CC2)cc1OC. The van der Waals surface area contributed by atoms with E-state index in [-0.39, 0.29) is 5.91 Å². The smallest absolute Gasteiger partial charge is 0.246 e. The number of hydrogen-bond donors (Lipinski definition) is 0. The first-order chi connectivity index (χ1) is 14.0. The summed E-state index contributed by atoms with van der Waals surface area (Å²) in [5, 5.41) is 0.734. The fraction of sp³-hybridized carbons (Fsp3) is 0.348. The summed E-state index contributed by atoms with van der Waals surface area (Å²) in [5.41, 5.74) is 3.23. The highest BCUT2D eigenvalue weighted by atomic mass is 35.5. The third-order valence-electron chi connectivity index (χ3n) is 5.01. The lowest BCUT2D eigenvalue weighted by atomic mass is 10.1. The maximum atomic E-state index is 12.6. The van der Waals surface area contributed by atoms with Crippen LogP contribution < -0.4 is 14.4 Å². The van der Waals surface area contributed by atoms with Gasteiger partial charge in [-0.1, -0.05) is 23.7 Å². The third kappa shape index (κ3) is 5.24. The molecule has 1 aliphatic heterocycles. The predicted octanol–water partition coefficient (Wildman–Crippen LogP) is 4.42. The van der Waals surface area contributed by atoms with E-state index in [1.807, 2.05) is 54.3 Å². The summed E-state index contributed by atoms with van der Waals surface area (Å²) in [6.45, 7) is 7.53. The summed E-state index contributed by atoms with van der Waals surface area (Å²) < 4.78 is 10.9. The molecule has 154 valence electrons. The van der Waals surface area contributed by atoms with Crippen molar-refractivity contribution in [3.05, 3.63) is 58.6 Å². The molecule has 5 nitrogen and oxygen atoms in total. The normalized spacial score (nSPS) is 14.3. The van der Waals surface area contributed by atoms with Gasteiger partial charge in [0.15, 0.2) is 11.5 Å². The van der Waals surface area contributed by atoms with Gasteiger partial charge in [-0.15, -0.1) is 0 Å². The van der Waals surface area contributed by atoms with Crippen molar-refractivity contribution in [1.29, 1.82) is 0 Å². The van der Waals surface area contributed by atoms with Gasteiger partial charge in [-0.3, -0.25) is 4.79 Å². The molecule has 0 unspecified atom stereocenters. The first kappa shape index (κ1) is 21.1. The lowest BCUT2D eigenvalue weighted by Crippen LogP contribution is -2.48. The van der Waals surface area contributed by atoms with Crippen molar-refractivity contribution in [2.24, 2.45) is 0 Å². The monoisotopic (exact) mass is 414 g/mol. The number of benzene rings is 2. The molecule has 2 aromatic rings. The summed E-state index contributed by atoms with van der Waals surface area (Å²) in [5.74, 6) is 1.37. The highest BCUT2D eigenvalue weighted by Gasteiger charge is 2.21. The predicted molar refractivity (Wildman–Crippen MR) is 118 cm³/mol. The number of piperazine rings is 1. The average Bonchev–Trinajstić information content (AvgIpc) is 2.74. The molecular formula is C23H27ClN2O3. The molecule has 0 saturated carbocycles. The topological polar surface area (TPSA) is 42.0 Å². The standard InChI is InChI=1S/C23H27ClN2O3/c1-4-29-21-9-6-18(15-22(21)28-3)7-10-23(27)26-13-11-25(12-14-26)20-16-19(24)8-5-17(20)2/h5-10,15-16H,4,11-14H2,1-3H3/b10-7+. The highest BCUT2D eigenvalue weighted by Crippen LogP contribution is 2.29. The van der Waals surface area contributed by atoms with Crippen LogP contribution in [0.3, 0.4) is 0 Å². The maximum absolute atomic E-state index is 12.6. The Morgan fingerprint density at radius 2 is 1.86 bits per heavy atom. The van der Waals surface area contributed by atoms with E-state index in [1.165, 1.54) is 5.56 Å². The summed E-state index contributed by atoms with van der Waals surface area (Å²) in [4.78, 5) is 16.8. The van der Waals surface area contributed by atoms with Crippen LogP contribution in [-0.4, -0.2) is 50.7 Å². The van der Waals surface area contributed by atoms with Crippen LogP contribution in [0.15, 0.2) is 42.5 Å². The number of nitrogens with zero attached hydrogens (tertiary/aromatic N) is 2. The van der Waals surface area contributed by atoms with Crippen LogP contribution in [0, 0.1) is 6.92 Å². The molecule has 0 N–H and O–H groups in total.